The minimum absolute atomic E-state index is 0.0861. The second-order valence-corrected chi connectivity index (χ2v) is 9.70. The molecular formula is C21H29FNO9P. The third-order valence-corrected chi connectivity index (χ3v) is 7.20. The lowest BCUT2D eigenvalue weighted by atomic mass is 9.82. The second-order valence-electron chi connectivity index (χ2n) is 8.13. The van der Waals surface area contributed by atoms with Gasteiger partial charge in [-0.1, -0.05) is 13.8 Å². The van der Waals surface area contributed by atoms with Crippen molar-refractivity contribution in [3.05, 3.63) is 30.1 Å². The van der Waals surface area contributed by atoms with Gasteiger partial charge in [0.05, 0.1) is 18.8 Å². The van der Waals surface area contributed by atoms with E-state index < -0.39 is 69.0 Å². The number of pyridine rings is 1. The van der Waals surface area contributed by atoms with Gasteiger partial charge in [0.15, 0.2) is 12.3 Å². The first-order valence-electron chi connectivity index (χ1n) is 10.7. The number of hydrogen-bond donors (Lipinski definition) is 0. The highest BCUT2D eigenvalue weighted by Gasteiger charge is 2.51. The van der Waals surface area contributed by atoms with Crippen LogP contribution in [0.3, 0.4) is 0 Å². The molecule has 10 nitrogen and oxygen atoms in total. The number of halogens is 1. The summed E-state index contributed by atoms with van der Waals surface area (Å²) in [6, 6.07) is 3.45. The molecule has 3 unspecified atom stereocenters. The molecule has 1 aromatic heterocycles. The Bertz CT molecular complexity index is 873. The van der Waals surface area contributed by atoms with Gasteiger partial charge in [0.2, 0.25) is 6.29 Å². The van der Waals surface area contributed by atoms with Crippen LogP contribution in [0.25, 0.3) is 0 Å². The maximum Gasteiger partial charge on any atom is 0.477 e. The summed E-state index contributed by atoms with van der Waals surface area (Å²) >= 11 is 0. The van der Waals surface area contributed by atoms with Gasteiger partial charge in [-0.3, -0.25) is 28.1 Å². The number of esters is 2. The van der Waals surface area contributed by atoms with Crippen molar-refractivity contribution in [3.63, 3.8) is 0 Å². The number of aromatic nitrogens is 1. The van der Waals surface area contributed by atoms with E-state index in [1.54, 1.807) is 38.4 Å². The largest absolute Gasteiger partial charge is 0.477 e. The molecule has 2 aliphatic heterocycles. The van der Waals surface area contributed by atoms with Gasteiger partial charge in [-0.05, 0) is 23.6 Å². The summed E-state index contributed by atoms with van der Waals surface area (Å²) < 4.78 is 60.7. The molecule has 33 heavy (non-hydrogen) atoms. The number of phosphoric ester groups is 1. The highest BCUT2D eigenvalue weighted by atomic mass is 31.2. The number of nitrogens with zero attached hydrogens (tertiary/aromatic N) is 1. The van der Waals surface area contributed by atoms with Crippen molar-refractivity contribution in [2.45, 2.75) is 64.9 Å². The number of rotatable bonds is 7. The summed E-state index contributed by atoms with van der Waals surface area (Å²) in [6.07, 6.45) is -2.16. The Labute approximate surface area is 191 Å². The van der Waals surface area contributed by atoms with Gasteiger partial charge >= 0.3 is 19.8 Å². The van der Waals surface area contributed by atoms with Crippen molar-refractivity contribution < 1.29 is 46.3 Å². The first-order chi connectivity index (χ1) is 15.6. The lowest BCUT2D eigenvalue weighted by Crippen LogP contribution is -2.55. The average Bonchev–Trinajstić information content (AvgIpc) is 2.77. The Hall–Kier alpha value is -1.91. The summed E-state index contributed by atoms with van der Waals surface area (Å²) in [7, 11) is -4.16. The smallest absolute Gasteiger partial charge is 0.463 e. The monoisotopic (exact) mass is 489 g/mol. The Morgan fingerprint density at radius 2 is 1.91 bits per heavy atom. The van der Waals surface area contributed by atoms with Gasteiger partial charge in [-0.15, -0.1) is 0 Å². The zero-order valence-electron chi connectivity index (χ0n) is 18.9. The lowest BCUT2D eigenvalue weighted by Gasteiger charge is -2.45. The molecule has 12 heteroatoms. The van der Waals surface area contributed by atoms with Crippen molar-refractivity contribution >= 4 is 19.8 Å². The Kier molecular flexibility index (Phi) is 8.58. The maximum atomic E-state index is 14.9. The molecule has 3 heterocycles. The van der Waals surface area contributed by atoms with Gasteiger partial charge < -0.3 is 14.2 Å². The molecule has 2 saturated heterocycles. The Morgan fingerprint density at radius 3 is 2.55 bits per heavy atom. The zero-order valence-corrected chi connectivity index (χ0v) is 19.8. The van der Waals surface area contributed by atoms with E-state index in [4.69, 9.17) is 27.8 Å². The highest BCUT2D eigenvalue weighted by molar-refractivity contribution is 7.48. The van der Waals surface area contributed by atoms with E-state index in [9.17, 15) is 18.5 Å². The van der Waals surface area contributed by atoms with Crippen LogP contribution in [0.2, 0.25) is 0 Å². The Balaban J connectivity index is 1.79. The highest BCUT2D eigenvalue weighted by Crippen LogP contribution is 2.59. The fraction of sp³-hybridized carbons (Fsp3) is 0.667. The minimum Gasteiger partial charge on any atom is -0.463 e. The van der Waals surface area contributed by atoms with E-state index >= 15 is 0 Å². The van der Waals surface area contributed by atoms with E-state index in [2.05, 4.69) is 4.98 Å². The van der Waals surface area contributed by atoms with Crippen molar-refractivity contribution in [1.29, 1.82) is 0 Å². The quantitative estimate of drug-likeness (QED) is 0.416. The van der Waals surface area contributed by atoms with Crippen LogP contribution in [0.1, 0.15) is 45.8 Å². The molecule has 0 amide bonds. The third-order valence-electron chi connectivity index (χ3n) is 5.73. The molecule has 0 saturated carbocycles. The van der Waals surface area contributed by atoms with E-state index in [0.717, 1.165) is 5.56 Å². The molecule has 8 atom stereocenters. The molecule has 2 fully saturated rings. The van der Waals surface area contributed by atoms with Crippen LogP contribution >= 0.6 is 7.82 Å². The van der Waals surface area contributed by atoms with Crippen LogP contribution in [0.15, 0.2) is 24.5 Å². The van der Waals surface area contributed by atoms with Gasteiger partial charge in [0.1, 0.15) is 6.61 Å². The van der Waals surface area contributed by atoms with Crippen LogP contribution in [-0.4, -0.2) is 54.8 Å². The topological polar surface area (TPSA) is 119 Å². The molecule has 0 aliphatic carbocycles. The first kappa shape index (κ1) is 25.7. The molecule has 0 aromatic carbocycles. The molecule has 0 spiro atoms. The van der Waals surface area contributed by atoms with E-state index in [1.807, 2.05) is 0 Å². The zero-order chi connectivity index (χ0) is 24.2. The second kappa shape index (κ2) is 11.0. The summed E-state index contributed by atoms with van der Waals surface area (Å²) in [5, 5.41) is 0. The molecule has 1 aromatic rings. The summed E-state index contributed by atoms with van der Waals surface area (Å²) in [5.74, 6) is -2.13. The number of phosphoric acid groups is 1. The van der Waals surface area contributed by atoms with Gasteiger partial charge in [0, 0.05) is 38.6 Å². The van der Waals surface area contributed by atoms with Crippen LogP contribution in [0.4, 0.5) is 4.39 Å². The molecule has 3 rings (SSSR count). The summed E-state index contributed by atoms with van der Waals surface area (Å²) in [6.45, 7) is 5.41. The van der Waals surface area contributed by atoms with Crippen molar-refractivity contribution in [3.8, 4) is 0 Å². The molecule has 0 N–H and O–H groups in total. The maximum absolute atomic E-state index is 14.9. The fourth-order valence-electron chi connectivity index (χ4n) is 3.85. The first-order valence-corrected chi connectivity index (χ1v) is 12.2. The fourth-order valence-corrected chi connectivity index (χ4v) is 5.31. The molecular weight excluding hydrogens is 460 g/mol. The van der Waals surface area contributed by atoms with Gasteiger partial charge in [-0.25, -0.2) is 8.96 Å². The lowest BCUT2D eigenvalue weighted by molar-refractivity contribution is -0.265. The number of hydrogen-bond acceptors (Lipinski definition) is 10. The number of alkyl halides is 1. The van der Waals surface area contributed by atoms with Gasteiger partial charge in [-0.2, -0.15) is 0 Å². The van der Waals surface area contributed by atoms with Crippen molar-refractivity contribution in [2.24, 2.45) is 11.8 Å². The van der Waals surface area contributed by atoms with Crippen LogP contribution in [0, 0.1) is 11.8 Å². The van der Waals surface area contributed by atoms with E-state index in [-0.39, 0.29) is 6.61 Å². The third kappa shape index (κ3) is 6.58. The Morgan fingerprint density at radius 1 is 1.21 bits per heavy atom. The standard InChI is InChI=1S/C21H29FNO9P/c1-12-13(2)20(29-15(4)25)21(30-19(12)17(22)11-27-14(3)24)32-33(26)28-10-7-18(31-33)16-5-8-23-9-6-16/h5-6,8-9,12-13,17-21H,7,10-11H2,1-4H3/t12-,13-,17-,18+,19?,20?,21+,33?/m0/s1. The number of carbonyl (C=O) groups excluding carboxylic acids is 2. The SMILES string of the molecule is CC(=O)OC[C@H](F)C1O[C@H](OP2(=O)OCC[C@H](c3ccncc3)O2)C(OC(C)=O)[C@@H](C)[C@@H]1C. The summed E-state index contributed by atoms with van der Waals surface area (Å²) in [5.41, 5.74) is 0.739. The normalized spacial score (nSPS) is 35.4. The molecule has 184 valence electrons. The average molecular weight is 489 g/mol. The molecule has 2 aliphatic rings. The summed E-state index contributed by atoms with van der Waals surface area (Å²) in [4.78, 5) is 26.7. The van der Waals surface area contributed by atoms with Gasteiger partial charge in [0.25, 0.3) is 0 Å². The predicted octanol–water partition coefficient (Wildman–Crippen LogP) is 3.51. The molecule has 0 radical (unpaired) electrons. The minimum atomic E-state index is -4.16. The molecule has 0 bridgehead atoms. The number of ether oxygens (including phenoxy) is 3. The van der Waals surface area contributed by atoms with Crippen LogP contribution < -0.4 is 0 Å². The van der Waals surface area contributed by atoms with E-state index in [1.165, 1.54) is 13.8 Å². The van der Waals surface area contributed by atoms with E-state index in [0.29, 0.717) is 6.42 Å². The van der Waals surface area contributed by atoms with Crippen molar-refractivity contribution in [1.82, 2.24) is 4.98 Å². The number of carbonyl (C=O) groups is 2. The predicted molar refractivity (Wildman–Crippen MR) is 111 cm³/mol. The van der Waals surface area contributed by atoms with Crippen molar-refractivity contribution in [2.75, 3.05) is 13.2 Å². The van der Waals surface area contributed by atoms with Crippen LogP contribution in [0.5, 0.6) is 0 Å². The van der Waals surface area contributed by atoms with Crippen LogP contribution in [-0.2, 0) is 41.9 Å².